The van der Waals surface area contributed by atoms with Crippen molar-refractivity contribution in [2.45, 2.75) is 0 Å². The first kappa shape index (κ1) is 21.5. The van der Waals surface area contributed by atoms with Gasteiger partial charge in [-0.15, -0.1) is 0 Å². The second-order valence-electron chi connectivity index (χ2n) is 5.88. The smallest absolute Gasteiger partial charge is 0.323 e. The molecule has 9 nitrogen and oxygen atoms in total. The number of benzene rings is 1. The van der Waals surface area contributed by atoms with E-state index in [4.69, 9.17) is 4.74 Å². The lowest BCUT2D eigenvalue weighted by Gasteiger charge is -2.13. The molecule has 0 unspecified atom stereocenters. The molecule has 1 aromatic carbocycles. The van der Waals surface area contributed by atoms with Crippen molar-refractivity contribution in [3.8, 4) is 5.75 Å². The molecule has 2 aromatic rings. The number of urea groups is 1. The molecule has 0 spiro atoms. The Bertz CT molecular complexity index is 894. The Balaban J connectivity index is 1.84. The molecule has 0 aliphatic carbocycles. The molecule has 152 valence electrons. The summed E-state index contributed by atoms with van der Waals surface area (Å²) in [7, 11) is -0.461. The highest BCUT2D eigenvalue weighted by Crippen LogP contribution is 2.20. The molecular weight excluding hydrogens is 389 g/mol. The number of ether oxygens (including phenoxy) is 1. The number of rotatable bonds is 9. The third kappa shape index (κ3) is 7.10. The van der Waals surface area contributed by atoms with E-state index in [0.29, 0.717) is 5.69 Å². The first-order chi connectivity index (χ1) is 13.3. The number of aromatic nitrogens is 1. The Kier molecular flexibility index (Phi) is 7.67. The van der Waals surface area contributed by atoms with Gasteiger partial charge in [0, 0.05) is 44.7 Å². The van der Waals surface area contributed by atoms with Crippen LogP contribution in [0.1, 0.15) is 0 Å². The van der Waals surface area contributed by atoms with Crippen molar-refractivity contribution in [2.75, 3.05) is 43.8 Å². The molecular formula is C17H22FN5O4S. The molecule has 28 heavy (non-hydrogen) atoms. The zero-order chi connectivity index (χ0) is 20.6. The summed E-state index contributed by atoms with van der Waals surface area (Å²) in [6.07, 6.45) is 3.05. The molecule has 0 aliphatic rings. The number of halogens is 1. The average molecular weight is 411 g/mol. The first-order valence-electron chi connectivity index (χ1n) is 8.28. The Morgan fingerprint density at radius 2 is 1.96 bits per heavy atom. The van der Waals surface area contributed by atoms with Crippen LogP contribution in [0.3, 0.4) is 0 Å². The van der Waals surface area contributed by atoms with E-state index in [1.807, 2.05) is 0 Å². The van der Waals surface area contributed by atoms with E-state index in [1.54, 1.807) is 18.3 Å². The molecule has 1 aromatic heterocycles. The van der Waals surface area contributed by atoms with E-state index in [9.17, 15) is 17.6 Å². The zero-order valence-electron chi connectivity index (χ0n) is 15.5. The topological polar surface area (TPSA) is 113 Å². The number of nitrogens with zero attached hydrogens (tertiary/aromatic N) is 2. The van der Waals surface area contributed by atoms with Crippen LogP contribution in [0.15, 0.2) is 42.7 Å². The highest BCUT2D eigenvalue weighted by Gasteiger charge is 2.12. The highest BCUT2D eigenvalue weighted by atomic mass is 32.2. The van der Waals surface area contributed by atoms with Crippen molar-refractivity contribution >= 4 is 27.4 Å². The van der Waals surface area contributed by atoms with Crippen molar-refractivity contribution in [3.05, 3.63) is 48.5 Å². The predicted octanol–water partition coefficient (Wildman–Crippen LogP) is 1.68. The van der Waals surface area contributed by atoms with Gasteiger partial charge < -0.3 is 15.4 Å². The molecule has 0 fully saturated rings. The lowest BCUT2D eigenvalue weighted by atomic mass is 10.3. The largest absolute Gasteiger partial charge is 0.492 e. The van der Waals surface area contributed by atoms with Gasteiger partial charge in [0.05, 0.1) is 11.9 Å². The van der Waals surface area contributed by atoms with E-state index in [1.165, 1.54) is 32.4 Å². The molecule has 11 heteroatoms. The van der Waals surface area contributed by atoms with Crippen molar-refractivity contribution in [3.63, 3.8) is 0 Å². The van der Waals surface area contributed by atoms with Gasteiger partial charge in [0.15, 0.2) is 0 Å². The number of carbonyl (C=O) groups is 1. The minimum atomic E-state index is -3.35. The lowest BCUT2D eigenvalue weighted by Crippen LogP contribution is -2.34. The second-order valence-corrected chi connectivity index (χ2v) is 8.07. The fourth-order valence-electron chi connectivity index (χ4n) is 2.02. The summed E-state index contributed by atoms with van der Waals surface area (Å²) < 4.78 is 43.5. The van der Waals surface area contributed by atoms with E-state index in [-0.39, 0.29) is 30.5 Å². The monoisotopic (exact) mass is 411 g/mol. The second kappa shape index (κ2) is 9.97. The van der Waals surface area contributed by atoms with E-state index in [2.05, 4.69) is 20.9 Å². The number of sulfonamides is 1. The number of nitrogens with one attached hydrogen (secondary N) is 3. The van der Waals surface area contributed by atoms with Gasteiger partial charge in [0.1, 0.15) is 24.1 Å². The molecule has 0 atom stereocenters. The summed E-state index contributed by atoms with van der Waals surface area (Å²) in [5, 5.41) is 7.80. The normalized spacial score (nSPS) is 11.3. The molecule has 2 amide bonds. The Morgan fingerprint density at radius 3 is 2.64 bits per heavy atom. The van der Waals surface area contributed by atoms with E-state index >= 15 is 0 Å². The summed E-state index contributed by atoms with van der Waals surface area (Å²) in [5.74, 6) is -0.611. The minimum absolute atomic E-state index is 0.119. The summed E-state index contributed by atoms with van der Waals surface area (Å²) in [5.41, 5.74) is 0.700. The van der Waals surface area contributed by atoms with Crippen LogP contribution in [-0.4, -0.2) is 56.9 Å². The van der Waals surface area contributed by atoms with Gasteiger partial charge in [-0.25, -0.2) is 21.9 Å². The molecule has 0 saturated heterocycles. The van der Waals surface area contributed by atoms with Gasteiger partial charge >= 0.3 is 6.03 Å². The van der Waals surface area contributed by atoms with Crippen LogP contribution in [0.2, 0.25) is 0 Å². The summed E-state index contributed by atoms with van der Waals surface area (Å²) in [6, 6.07) is 6.55. The molecule has 0 saturated carbocycles. The summed E-state index contributed by atoms with van der Waals surface area (Å²) in [6.45, 7) is 0.363. The highest BCUT2D eigenvalue weighted by molar-refractivity contribution is 7.89. The number of carbonyl (C=O) groups excluding carboxylic acids is 1. The molecule has 0 bridgehead atoms. The van der Waals surface area contributed by atoms with E-state index < -0.39 is 21.9 Å². The molecule has 1 heterocycles. The van der Waals surface area contributed by atoms with Crippen molar-refractivity contribution in [1.29, 1.82) is 0 Å². The molecule has 0 radical (unpaired) electrons. The van der Waals surface area contributed by atoms with Crippen molar-refractivity contribution in [1.82, 2.24) is 14.6 Å². The fraction of sp³-hybridized carbons (Fsp3) is 0.294. The van der Waals surface area contributed by atoms with Crippen LogP contribution >= 0.6 is 0 Å². The van der Waals surface area contributed by atoms with Gasteiger partial charge in [0.2, 0.25) is 10.0 Å². The number of amides is 2. The Morgan fingerprint density at radius 1 is 1.21 bits per heavy atom. The van der Waals surface area contributed by atoms with Crippen LogP contribution in [0.25, 0.3) is 0 Å². The van der Waals surface area contributed by atoms with Gasteiger partial charge in [-0.05, 0) is 18.2 Å². The Labute approximate surface area is 163 Å². The number of pyridine rings is 1. The quantitative estimate of drug-likeness (QED) is 0.541. The SMILES string of the molecule is CN(C)S(=O)(=O)CNCCOc1cc(F)cc(NC(=O)Nc2cccnc2)c1. The summed E-state index contributed by atoms with van der Waals surface area (Å²) in [4.78, 5) is 15.8. The molecule has 3 N–H and O–H groups in total. The minimum Gasteiger partial charge on any atom is -0.492 e. The molecule has 0 aliphatic heterocycles. The predicted molar refractivity (Wildman–Crippen MR) is 104 cm³/mol. The summed E-state index contributed by atoms with van der Waals surface area (Å²) >= 11 is 0. The van der Waals surface area contributed by atoms with Crippen LogP contribution in [0, 0.1) is 5.82 Å². The first-order valence-corrected chi connectivity index (χ1v) is 9.89. The number of hydrogen-bond acceptors (Lipinski definition) is 6. The van der Waals surface area contributed by atoms with Gasteiger partial charge in [0.25, 0.3) is 0 Å². The van der Waals surface area contributed by atoms with Gasteiger partial charge in [-0.2, -0.15) is 0 Å². The zero-order valence-corrected chi connectivity index (χ0v) is 16.3. The lowest BCUT2D eigenvalue weighted by molar-refractivity contribution is 0.262. The Hall–Kier alpha value is -2.76. The maximum absolute atomic E-state index is 13.8. The third-order valence-corrected chi connectivity index (χ3v) is 5.12. The van der Waals surface area contributed by atoms with Crippen LogP contribution in [-0.2, 0) is 10.0 Å². The maximum atomic E-state index is 13.8. The number of anilines is 2. The van der Waals surface area contributed by atoms with Gasteiger partial charge in [-0.3, -0.25) is 10.3 Å². The fourth-order valence-corrected chi connectivity index (χ4v) is 2.68. The van der Waals surface area contributed by atoms with Crippen LogP contribution < -0.4 is 20.7 Å². The van der Waals surface area contributed by atoms with Crippen molar-refractivity contribution < 1.29 is 22.3 Å². The van der Waals surface area contributed by atoms with Crippen LogP contribution in [0.4, 0.5) is 20.6 Å². The van der Waals surface area contributed by atoms with E-state index in [0.717, 1.165) is 10.4 Å². The third-order valence-electron chi connectivity index (χ3n) is 3.44. The standard InChI is InChI=1S/C17H22FN5O4S/c1-23(2)28(25,26)12-20-6-7-27-16-9-13(18)8-15(10-16)22-17(24)21-14-4-3-5-19-11-14/h3-5,8-11,20H,6-7,12H2,1-2H3,(H2,21,22,24). The average Bonchev–Trinajstić information content (AvgIpc) is 2.61. The maximum Gasteiger partial charge on any atom is 0.323 e. The number of hydrogen-bond donors (Lipinski definition) is 3. The van der Waals surface area contributed by atoms with Crippen LogP contribution in [0.5, 0.6) is 5.75 Å². The molecule has 2 rings (SSSR count). The van der Waals surface area contributed by atoms with Gasteiger partial charge in [-0.1, -0.05) is 0 Å². The van der Waals surface area contributed by atoms with Crippen molar-refractivity contribution in [2.24, 2.45) is 0 Å².